The average molecular weight is 223 g/mol. The van der Waals surface area contributed by atoms with Gasteiger partial charge < -0.3 is 15.2 Å². The highest BCUT2D eigenvalue weighted by Gasteiger charge is 2.07. The molecule has 4 heteroatoms. The van der Waals surface area contributed by atoms with E-state index in [1.807, 2.05) is 6.92 Å². The summed E-state index contributed by atoms with van der Waals surface area (Å²) in [5.74, 6) is 0.183. The van der Waals surface area contributed by atoms with E-state index in [1.54, 1.807) is 19.2 Å². The fraction of sp³-hybridized carbons (Fsp3) is 0.417. The van der Waals surface area contributed by atoms with Crippen LogP contribution in [0.3, 0.4) is 0 Å². The van der Waals surface area contributed by atoms with Gasteiger partial charge in [-0.25, -0.2) is 0 Å². The Morgan fingerprint density at radius 2 is 2.31 bits per heavy atom. The van der Waals surface area contributed by atoms with Crippen molar-refractivity contribution in [2.45, 2.75) is 6.92 Å². The predicted octanol–water partition coefficient (Wildman–Crippen LogP) is 1.40. The molecule has 0 aliphatic carbocycles. The Labute approximate surface area is 95.2 Å². The van der Waals surface area contributed by atoms with Crippen LogP contribution >= 0.6 is 0 Å². The summed E-state index contributed by atoms with van der Waals surface area (Å²) < 4.78 is 4.97. The second-order valence-electron chi connectivity index (χ2n) is 3.82. The van der Waals surface area contributed by atoms with Gasteiger partial charge in [0.2, 0.25) is 0 Å². The molecule has 1 unspecified atom stereocenters. The number of aromatic hydroxyl groups is 1. The van der Waals surface area contributed by atoms with Crippen LogP contribution in [0.4, 0.5) is 0 Å². The molecule has 1 atom stereocenters. The zero-order valence-electron chi connectivity index (χ0n) is 9.56. The second-order valence-corrected chi connectivity index (χ2v) is 3.82. The Balaban J connectivity index is 2.47. The number of rotatable bonds is 5. The van der Waals surface area contributed by atoms with Crippen LogP contribution in [0.1, 0.15) is 17.3 Å². The van der Waals surface area contributed by atoms with Crippen LogP contribution in [0.15, 0.2) is 24.3 Å². The zero-order chi connectivity index (χ0) is 12.0. The smallest absolute Gasteiger partial charge is 0.251 e. The van der Waals surface area contributed by atoms with Gasteiger partial charge in [0.15, 0.2) is 0 Å². The Morgan fingerprint density at radius 3 is 2.94 bits per heavy atom. The molecular weight excluding hydrogens is 206 g/mol. The molecule has 0 aliphatic heterocycles. The number of phenolic OH excluding ortho intramolecular Hbond substituents is 1. The molecule has 4 nitrogen and oxygen atoms in total. The largest absolute Gasteiger partial charge is 0.508 e. The van der Waals surface area contributed by atoms with Crippen LogP contribution in [-0.4, -0.2) is 31.3 Å². The van der Waals surface area contributed by atoms with Crippen molar-refractivity contribution in [1.29, 1.82) is 0 Å². The van der Waals surface area contributed by atoms with Crippen molar-refractivity contribution >= 4 is 5.91 Å². The normalized spacial score (nSPS) is 12.1. The Morgan fingerprint density at radius 1 is 1.56 bits per heavy atom. The van der Waals surface area contributed by atoms with Crippen molar-refractivity contribution in [2.75, 3.05) is 20.3 Å². The van der Waals surface area contributed by atoms with Crippen LogP contribution in [-0.2, 0) is 4.74 Å². The van der Waals surface area contributed by atoms with E-state index >= 15 is 0 Å². The maximum atomic E-state index is 11.6. The van der Waals surface area contributed by atoms with Gasteiger partial charge in [-0.3, -0.25) is 4.79 Å². The van der Waals surface area contributed by atoms with E-state index in [-0.39, 0.29) is 17.6 Å². The maximum absolute atomic E-state index is 11.6. The first kappa shape index (κ1) is 12.5. The first-order valence-corrected chi connectivity index (χ1v) is 5.19. The van der Waals surface area contributed by atoms with Gasteiger partial charge in [0.25, 0.3) is 5.91 Å². The summed E-state index contributed by atoms with van der Waals surface area (Å²) in [4.78, 5) is 11.6. The molecule has 0 aliphatic rings. The standard InChI is InChI=1S/C12H17NO3/c1-9(8-16-2)7-13-12(15)10-4-3-5-11(14)6-10/h3-6,9,14H,7-8H2,1-2H3,(H,13,15). The lowest BCUT2D eigenvalue weighted by atomic mass is 10.1. The highest BCUT2D eigenvalue weighted by molar-refractivity contribution is 5.94. The van der Waals surface area contributed by atoms with E-state index in [9.17, 15) is 9.90 Å². The lowest BCUT2D eigenvalue weighted by Crippen LogP contribution is -2.29. The van der Waals surface area contributed by atoms with E-state index in [4.69, 9.17) is 4.74 Å². The summed E-state index contributed by atoms with van der Waals surface area (Å²) >= 11 is 0. The number of nitrogens with one attached hydrogen (secondary N) is 1. The van der Waals surface area contributed by atoms with Crippen LogP contribution in [0.25, 0.3) is 0 Å². The Hall–Kier alpha value is -1.55. The van der Waals surface area contributed by atoms with Gasteiger partial charge in [-0.15, -0.1) is 0 Å². The minimum atomic E-state index is -0.182. The molecule has 88 valence electrons. The third-order valence-electron chi connectivity index (χ3n) is 2.17. The number of hydrogen-bond donors (Lipinski definition) is 2. The van der Waals surface area contributed by atoms with Crippen LogP contribution in [0.2, 0.25) is 0 Å². The van der Waals surface area contributed by atoms with Crippen molar-refractivity contribution in [1.82, 2.24) is 5.32 Å². The van der Waals surface area contributed by atoms with Gasteiger partial charge in [0, 0.05) is 19.2 Å². The lowest BCUT2D eigenvalue weighted by Gasteiger charge is -2.11. The van der Waals surface area contributed by atoms with Gasteiger partial charge in [-0.1, -0.05) is 13.0 Å². The SMILES string of the molecule is COCC(C)CNC(=O)c1cccc(O)c1. The van der Waals surface area contributed by atoms with Gasteiger partial charge >= 0.3 is 0 Å². The second kappa shape index (κ2) is 6.12. The van der Waals surface area contributed by atoms with E-state index < -0.39 is 0 Å². The van der Waals surface area contributed by atoms with Crippen LogP contribution < -0.4 is 5.32 Å². The summed E-state index contributed by atoms with van der Waals surface area (Å²) in [6, 6.07) is 6.28. The topological polar surface area (TPSA) is 58.6 Å². The number of carbonyl (C=O) groups is 1. The molecule has 0 saturated heterocycles. The summed E-state index contributed by atoms with van der Waals surface area (Å²) in [6.07, 6.45) is 0. The first-order chi connectivity index (χ1) is 7.63. The van der Waals surface area contributed by atoms with E-state index in [0.717, 1.165) is 0 Å². The summed E-state index contributed by atoms with van der Waals surface area (Å²) in [6.45, 7) is 3.16. The van der Waals surface area contributed by atoms with Crippen LogP contribution in [0, 0.1) is 5.92 Å². The fourth-order valence-electron chi connectivity index (χ4n) is 1.36. The number of hydrogen-bond acceptors (Lipinski definition) is 3. The molecular formula is C12H17NO3. The van der Waals surface area contributed by atoms with Crippen molar-refractivity contribution in [3.63, 3.8) is 0 Å². The van der Waals surface area contributed by atoms with Gasteiger partial charge in [0.1, 0.15) is 5.75 Å². The molecule has 1 aromatic carbocycles. The molecule has 0 aromatic heterocycles. The Bertz CT molecular complexity index is 352. The van der Waals surface area contributed by atoms with Crippen molar-refractivity contribution < 1.29 is 14.6 Å². The molecule has 1 rings (SSSR count). The molecule has 1 amide bonds. The maximum Gasteiger partial charge on any atom is 0.251 e. The number of carbonyl (C=O) groups excluding carboxylic acids is 1. The third-order valence-corrected chi connectivity index (χ3v) is 2.17. The molecule has 16 heavy (non-hydrogen) atoms. The minimum absolute atomic E-state index is 0.0950. The molecule has 0 heterocycles. The molecule has 2 N–H and O–H groups in total. The van der Waals surface area contributed by atoms with E-state index in [1.165, 1.54) is 12.1 Å². The van der Waals surface area contributed by atoms with Gasteiger partial charge in [-0.2, -0.15) is 0 Å². The molecule has 0 bridgehead atoms. The molecule has 0 spiro atoms. The number of benzene rings is 1. The third kappa shape index (κ3) is 3.90. The monoisotopic (exact) mass is 223 g/mol. The summed E-state index contributed by atoms with van der Waals surface area (Å²) in [5.41, 5.74) is 0.463. The molecule has 0 saturated carbocycles. The Kier molecular flexibility index (Phi) is 4.79. The van der Waals surface area contributed by atoms with E-state index in [2.05, 4.69) is 5.32 Å². The highest BCUT2D eigenvalue weighted by atomic mass is 16.5. The number of ether oxygens (including phenoxy) is 1. The fourth-order valence-corrected chi connectivity index (χ4v) is 1.36. The molecule has 0 fully saturated rings. The molecule has 1 aromatic rings. The van der Waals surface area contributed by atoms with Crippen molar-refractivity contribution in [3.05, 3.63) is 29.8 Å². The van der Waals surface area contributed by atoms with Crippen molar-refractivity contribution in [2.24, 2.45) is 5.92 Å². The van der Waals surface area contributed by atoms with Gasteiger partial charge in [0.05, 0.1) is 6.61 Å². The lowest BCUT2D eigenvalue weighted by molar-refractivity contribution is 0.0933. The van der Waals surface area contributed by atoms with Gasteiger partial charge in [-0.05, 0) is 24.1 Å². The minimum Gasteiger partial charge on any atom is -0.508 e. The highest BCUT2D eigenvalue weighted by Crippen LogP contribution is 2.10. The number of phenols is 1. The predicted molar refractivity (Wildman–Crippen MR) is 61.5 cm³/mol. The quantitative estimate of drug-likeness (QED) is 0.793. The number of amides is 1. The summed E-state index contributed by atoms with van der Waals surface area (Å²) in [7, 11) is 1.63. The average Bonchev–Trinajstić information content (AvgIpc) is 2.26. The zero-order valence-corrected chi connectivity index (χ0v) is 9.56. The van der Waals surface area contributed by atoms with Crippen LogP contribution in [0.5, 0.6) is 5.75 Å². The summed E-state index contributed by atoms with van der Waals surface area (Å²) in [5, 5.41) is 12.0. The molecule has 0 radical (unpaired) electrons. The van der Waals surface area contributed by atoms with E-state index in [0.29, 0.717) is 18.7 Å². The first-order valence-electron chi connectivity index (χ1n) is 5.19. The van der Waals surface area contributed by atoms with Crippen molar-refractivity contribution in [3.8, 4) is 5.75 Å². The number of methoxy groups -OCH3 is 1.